The van der Waals surface area contributed by atoms with E-state index in [1.807, 2.05) is 54.6 Å². The maximum Gasteiger partial charge on any atom is 0.277 e. The van der Waals surface area contributed by atoms with E-state index in [2.05, 4.69) is 15.5 Å². The van der Waals surface area contributed by atoms with Crippen LogP contribution in [0.15, 0.2) is 91.3 Å². The molecule has 2 aromatic heterocycles. The van der Waals surface area contributed by atoms with Gasteiger partial charge < -0.3 is 10.1 Å². The summed E-state index contributed by atoms with van der Waals surface area (Å²) in [4.78, 5) is 12.7. The monoisotopic (exact) mass is 535 g/mol. The van der Waals surface area contributed by atoms with Gasteiger partial charge in [0.2, 0.25) is 0 Å². The first-order valence-electron chi connectivity index (χ1n) is 11.3. The molecule has 5 rings (SSSR count). The van der Waals surface area contributed by atoms with Gasteiger partial charge in [0.05, 0.1) is 6.54 Å². The summed E-state index contributed by atoms with van der Waals surface area (Å²) in [5.74, 6) is -0.150. The van der Waals surface area contributed by atoms with Crippen LogP contribution < -0.4 is 10.1 Å². The molecule has 0 aliphatic rings. The molecule has 0 unspecified atom stereocenters. The number of carbonyl (C=O) groups excluding carboxylic acids is 1. The molecule has 10 heteroatoms. The maximum absolute atomic E-state index is 14.1. The lowest BCUT2D eigenvalue weighted by Crippen LogP contribution is -2.15. The van der Waals surface area contributed by atoms with Crippen molar-refractivity contribution in [3.8, 4) is 16.9 Å². The number of halogens is 3. The third kappa shape index (κ3) is 5.82. The fourth-order valence-electron chi connectivity index (χ4n) is 3.65. The van der Waals surface area contributed by atoms with Crippen LogP contribution in [0.5, 0.6) is 5.75 Å². The number of nitrogens with zero attached hydrogens (tertiary/aromatic N) is 4. The van der Waals surface area contributed by atoms with E-state index < -0.39 is 11.7 Å². The van der Waals surface area contributed by atoms with Crippen molar-refractivity contribution in [1.29, 1.82) is 0 Å². The van der Waals surface area contributed by atoms with E-state index in [1.165, 1.54) is 27.7 Å². The Balaban J connectivity index is 1.19. The summed E-state index contributed by atoms with van der Waals surface area (Å²) < 4.78 is 22.8. The molecule has 2 heterocycles. The molecule has 1 N–H and O–H groups in total. The first-order chi connectivity index (χ1) is 18.0. The van der Waals surface area contributed by atoms with Crippen LogP contribution in [0.2, 0.25) is 10.0 Å². The highest BCUT2D eigenvalue weighted by atomic mass is 35.5. The third-order valence-corrected chi connectivity index (χ3v) is 6.16. The summed E-state index contributed by atoms with van der Waals surface area (Å²) in [5, 5.41) is 11.6. The largest absolute Gasteiger partial charge is 0.471 e. The molecule has 0 saturated carbocycles. The Morgan fingerprint density at radius 1 is 0.865 bits per heavy atom. The summed E-state index contributed by atoms with van der Waals surface area (Å²) in [6.45, 7) is 0.177. The number of amides is 1. The topological polar surface area (TPSA) is 74.0 Å². The fourth-order valence-corrected chi connectivity index (χ4v) is 4.07. The quantitative estimate of drug-likeness (QED) is 0.245. The Bertz CT molecular complexity index is 1510. The van der Waals surface area contributed by atoms with Gasteiger partial charge in [0, 0.05) is 23.0 Å². The predicted octanol–water partition coefficient (Wildman–Crippen LogP) is 6.53. The van der Waals surface area contributed by atoms with Crippen molar-refractivity contribution >= 4 is 34.9 Å². The summed E-state index contributed by atoms with van der Waals surface area (Å²) in [6, 6.07) is 23.8. The van der Waals surface area contributed by atoms with E-state index in [0.717, 1.165) is 11.1 Å². The molecule has 0 spiro atoms. The van der Waals surface area contributed by atoms with E-state index >= 15 is 0 Å². The lowest BCUT2D eigenvalue weighted by molar-refractivity contribution is 0.101. The normalized spacial score (nSPS) is 10.9. The summed E-state index contributed by atoms with van der Waals surface area (Å²) in [7, 11) is 0. The Morgan fingerprint density at radius 3 is 2.38 bits per heavy atom. The minimum absolute atomic E-state index is 0.0550. The van der Waals surface area contributed by atoms with Crippen molar-refractivity contribution in [2.45, 2.75) is 13.3 Å². The average Bonchev–Trinajstić information content (AvgIpc) is 3.52. The number of nitrogens with one attached hydrogen (secondary N) is 1. The van der Waals surface area contributed by atoms with Crippen molar-refractivity contribution in [2.75, 3.05) is 5.32 Å². The standard InChI is InChI=1S/C27H20Cl2FN5O2/c28-22-7-4-8-24(30)21(22)15-35-16-23(29)26(33-35)31-27(36)25-13-14-34(32-25)17-37-20-11-9-19(10-12-20)18-5-2-1-3-6-18/h1-14,16H,15,17H2,(H,31,33,36). The van der Waals surface area contributed by atoms with Crippen LogP contribution in [0.25, 0.3) is 11.1 Å². The minimum Gasteiger partial charge on any atom is -0.471 e. The van der Waals surface area contributed by atoms with Crippen LogP contribution in [-0.2, 0) is 13.3 Å². The molecule has 0 bridgehead atoms. The van der Waals surface area contributed by atoms with Crippen LogP contribution in [0.1, 0.15) is 16.1 Å². The highest BCUT2D eigenvalue weighted by Gasteiger charge is 2.16. The molecule has 186 valence electrons. The third-order valence-electron chi connectivity index (χ3n) is 5.53. The number of hydrogen-bond donors (Lipinski definition) is 1. The number of rotatable bonds is 8. The number of hydrogen-bond acceptors (Lipinski definition) is 4. The Morgan fingerprint density at radius 2 is 1.62 bits per heavy atom. The molecule has 0 radical (unpaired) electrons. The van der Waals surface area contributed by atoms with Gasteiger partial charge in [-0.2, -0.15) is 10.2 Å². The fraction of sp³-hybridized carbons (Fsp3) is 0.0741. The number of ether oxygens (including phenoxy) is 1. The summed E-state index contributed by atoms with van der Waals surface area (Å²) in [5.41, 5.74) is 2.64. The second-order valence-corrected chi connectivity index (χ2v) is 8.90. The van der Waals surface area contributed by atoms with Gasteiger partial charge in [-0.1, -0.05) is 71.7 Å². The van der Waals surface area contributed by atoms with Gasteiger partial charge in [0.1, 0.15) is 16.6 Å². The molecule has 0 atom stereocenters. The zero-order valence-electron chi connectivity index (χ0n) is 19.3. The Hall–Kier alpha value is -4.14. The van der Waals surface area contributed by atoms with Crippen LogP contribution in [0.4, 0.5) is 10.2 Å². The van der Waals surface area contributed by atoms with E-state index in [4.69, 9.17) is 27.9 Å². The van der Waals surface area contributed by atoms with Crippen molar-refractivity contribution in [2.24, 2.45) is 0 Å². The summed E-state index contributed by atoms with van der Waals surface area (Å²) in [6.07, 6.45) is 3.11. The summed E-state index contributed by atoms with van der Waals surface area (Å²) >= 11 is 12.3. The first kappa shape index (κ1) is 24.5. The van der Waals surface area contributed by atoms with Gasteiger partial charge in [-0.15, -0.1) is 0 Å². The first-order valence-corrected chi connectivity index (χ1v) is 12.0. The van der Waals surface area contributed by atoms with Crippen molar-refractivity contribution in [3.63, 3.8) is 0 Å². The molecule has 0 saturated heterocycles. The molecule has 3 aromatic carbocycles. The van der Waals surface area contributed by atoms with E-state index in [-0.39, 0.29) is 40.4 Å². The molecule has 7 nitrogen and oxygen atoms in total. The van der Waals surface area contributed by atoms with Crippen LogP contribution in [0.3, 0.4) is 0 Å². The van der Waals surface area contributed by atoms with Crippen LogP contribution >= 0.6 is 23.2 Å². The van der Waals surface area contributed by atoms with E-state index in [0.29, 0.717) is 5.75 Å². The van der Waals surface area contributed by atoms with Crippen molar-refractivity contribution in [1.82, 2.24) is 19.6 Å². The van der Waals surface area contributed by atoms with Gasteiger partial charge >= 0.3 is 0 Å². The molecule has 0 fully saturated rings. The Kier molecular flexibility index (Phi) is 7.20. The van der Waals surface area contributed by atoms with Crippen LogP contribution in [0, 0.1) is 5.82 Å². The second-order valence-electron chi connectivity index (χ2n) is 8.08. The highest BCUT2D eigenvalue weighted by Crippen LogP contribution is 2.25. The highest BCUT2D eigenvalue weighted by molar-refractivity contribution is 6.33. The zero-order valence-corrected chi connectivity index (χ0v) is 20.8. The molecule has 0 aliphatic heterocycles. The molecular formula is C27H20Cl2FN5O2. The molecule has 1 amide bonds. The molecule has 0 aliphatic carbocycles. The number of carbonyl (C=O) groups is 1. The van der Waals surface area contributed by atoms with Crippen molar-refractivity contribution in [3.05, 3.63) is 118 Å². The predicted molar refractivity (Wildman–Crippen MR) is 140 cm³/mol. The van der Waals surface area contributed by atoms with E-state index in [1.54, 1.807) is 18.3 Å². The van der Waals surface area contributed by atoms with Gasteiger partial charge in [-0.05, 0) is 41.5 Å². The lowest BCUT2D eigenvalue weighted by Gasteiger charge is -2.07. The number of anilines is 1. The number of benzene rings is 3. The lowest BCUT2D eigenvalue weighted by atomic mass is 10.1. The number of aromatic nitrogens is 4. The molecular weight excluding hydrogens is 516 g/mol. The van der Waals surface area contributed by atoms with Crippen molar-refractivity contribution < 1.29 is 13.9 Å². The molecule has 5 aromatic rings. The van der Waals surface area contributed by atoms with Gasteiger partial charge in [0.25, 0.3) is 5.91 Å². The zero-order chi connectivity index (χ0) is 25.8. The SMILES string of the molecule is O=C(Nc1nn(Cc2c(F)cccc2Cl)cc1Cl)c1ccn(COc2ccc(-c3ccccc3)cc2)n1. The maximum atomic E-state index is 14.1. The second kappa shape index (κ2) is 10.9. The van der Waals surface area contributed by atoms with E-state index in [9.17, 15) is 9.18 Å². The van der Waals surface area contributed by atoms with Gasteiger partial charge in [-0.3, -0.25) is 9.48 Å². The molecule has 37 heavy (non-hydrogen) atoms. The van der Waals surface area contributed by atoms with Gasteiger partial charge in [0.15, 0.2) is 18.2 Å². The Labute approximate surface area is 222 Å². The average molecular weight is 536 g/mol. The van der Waals surface area contributed by atoms with Crippen LogP contribution in [-0.4, -0.2) is 25.5 Å². The van der Waals surface area contributed by atoms with Gasteiger partial charge in [-0.25, -0.2) is 9.07 Å². The smallest absolute Gasteiger partial charge is 0.277 e. The minimum atomic E-state index is -0.498.